The third kappa shape index (κ3) is 3.13. The number of hydrogen-bond acceptors (Lipinski definition) is 3. The number of rotatable bonds is 5. The normalized spacial score (nSPS) is 28.6. The maximum atomic E-state index is 13.7. The van der Waals surface area contributed by atoms with Crippen LogP contribution in [0.25, 0.3) is 0 Å². The minimum absolute atomic E-state index is 0.117. The summed E-state index contributed by atoms with van der Waals surface area (Å²) in [6, 6.07) is 15.4. The highest BCUT2D eigenvalue weighted by Gasteiger charge is 2.74. The van der Waals surface area contributed by atoms with Crippen molar-refractivity contribution in [3.63, 3.8) is 0 Å². The lowest BCUT2D eigenvalue weighted by atomic mass is 9.76. The first kappa shape index (κ1) is 21.3. The average Bonchev–Trinajstić information content (AvgIpc) is 3.32. The van der Waals surface area contributed by atoms with E-state index in [1.807, 2.05) is 53.8 Å². The number of imide groups is 1. The molecule has 3 aliphatic heterocycles. The first-order chi connectivity index (χ1) is 15.3. The number of hydrogen-bond donors (Lipinski definition) is 2. The Morgan fingerprint density at radius 2 is 1.84 bits per heavy atom. The smallest absolute Gasteiger partial charge is 0.291 e. The van der Waals surface area contributed by atoms with E-state index in [-0.39, 0.29) is 23.8 Å². The molecule has 0 aliphatic carbocycles. The molecule has 2 aromatic rings. The van der Waals surface area contributed by atoms with Gasteiger partial charge in [0.25, 0.3) is 5.91 Å². The van der Waals surface area contributed by atoms with Gasteiger partial charge >= 0.3 is 0 Å². The Labute approximate surface area is 195 Å². The van der Waals surface area contributed by atoms with Crippen LogP contribution in [-0.2, 0) is 26.3 Å². The maximum Gasteiger partial charge on any atom is 0.291 e. The highest BCUT2D eigenvalue weighted by atomic mass is 79.9. The van der Waals surface area contributed by atoms with Gasteiger partial charge in [0.2, 0.25) is 17.4 Å². The van der Waals surface area contributed by atoms with E-state index < -0.39 is 17.4 Å². The van der Waals surface area contributed by atoms with E-state index in [1.54, 1.807) is 0 Å². The summed E-state index contributed by atoms with van der Waals surface area (Å²) in [6.07, 6.45) is 1.38. The Morgan fingerprint density at radius 1 is 1.09 bits per heavy atom. The first-order valence-corrected chi connectivity index (χ1v) is 12.0. The number of anilines is 1. The average molecular weight is 497 g/mol. The number of fused-ring (bicyclic) bond motifs is 4. The summed E-state index contributed by atoms with van der Waals surface area (Å²) in [5.74, 6) is -1.38. The van der Waals surface area contributed by atoms with Crippen molar-refractivity contribution < 1.29 is 19.7 Å². The van der Waals surface area contributed by atoms with E-state index in [0.29, 0.717) is 18.9 Å². The predicted molar refractivity (Wildman–Crippen MR) is 123 cm³/mol. The Hall–Kier alpha value is -2.51. The van der Waals surface area contributed by atoms with Crippen LogP contribution in [0, 0.1) is 17.8 Å². The van der Waals surface area contributed by atoms with Gasteiger partial charge in [-0.15, -0.1) is 0 Å². The van der Waals surface area contributed by atoms with Gasteiger partial charge < -0.3 is 10.6 Å². The van der Waals surface area contributed by atoms with Gasteiger partial charge in [-0.05, 0) is 36.1 Å². The quantitative estimate of drug-likeness (QED) is 0.623. The zero-order chi connectivity index (χ0) is 22.6. The molecule has 166 valence electrons. The molecule has 6 nitrogen and oxygen atoms in total. The molecular weight excluding hydrogens is 470 g/mol. The van der Waals surface area contributed by atoms with E-state index in [0.717, 1.165) is 27.7 Å². The summed E-state index contributed by atoms with van der Waals surface area (Å²) in [4.78, 5) is 42.2. The summed E-state index contributed by atoms with van der Waals surface area (Å²) in [5.41, 5.74) is 1.50. The summed E-state index contributed by atoms with van der Waals surface area (Å²) in [6.45, 7) is 4.56. The minimum Gasteiger partial charge on any atom is -0.326 e. The number of halogens is 1. The van der Waals surface area contributed by atoms with Crippen LogP contribution in [0.5, 0.6) is 0 Å². The highest BCUT2D eigenvalue weighted by molar-refractivity contribution is 9.10. The number of nitrogens with one attached hydrogen (secondary N) is 1. The molecule has 0 saturated carbocycles. The molecule has 4 atom stereocenters. The van der Waals surface area contributed by atoms with E-state index in [4.69, 9.17) is 0 Å². The van der Waals surface area contributed by atoms with Gasteiger partial charge in [-0.3, -0.25) is 19.3 Å². The van der Waals surface area contributed by atoms with Crippen molar-refractivity contribution >= 4 is 39.3 Å². The van der Waals surface area contributed by atoms with E-state index >= 15 is 0 Å². The van der Waals surface area contributed by atoms with E-state index in [1.165, 1.54) is 4.90 Å². The molecule has 2 saturated heterocycles. The number of carbonyl (C=O) groups excluding carboxylic acids is 3. The SMILES string of the molecule is CC(C)CC1[NH2+][C@@]2(C(=O)Nc3ccc(Br)cc32)C2C(=O)N(CCc3ccccc3)C(=O)C12. The Kier molecular flexibility index (Phi) is 5.21. The van der Waals surface area contributed by atoms with Crippen LogP contribution in [0.1, 0.15) is 31.4 Å². The molecule has 3 amide bonds. The molecule has 3 unspecified atom stereocenters. The maximum absolute atomic E-state index is 13.7. The lowest BCUT2D eigenvalue weighted by Gasteiger charge is -2.27. The molecule has 0 bridgehead atoms. The molecule has 2 fully saturated rings. The molecule has 32 heavy (non-hydrogen) atoms. The van der Waals surface area contributed by atoms with Crippen molar-refractivity contribution in [2.24, 2.45) is 17.8 Å². The van der Waals surface area contributed by atoms with Crippen LogP contribution < -0.4 is 10.6 Å². The Bertz CT molecular complexity index is 1100. The minimum atomic E-state index is -1.10. The van der Waals surface area contributed by atoms with Gasteiger partial charge in [0.05, 0.1) is 5.69 Å². The second-order valence-corrected chi connectivity index (χ2v) is 10.5. The fourth-order valence-corrected chi connectivity index (χ4v) is 6.22. The molecule has 3 aliphatic rings. The zero-order valence-electron chi connectivity index (χ0n) is 18.2. The standard InChI is InChI=1S/C25H26BrN3O3/c1-14(2)12-19-20-21(23(31)29(22(20)30)11-10-15-6-4-3-5-7-15)25(28-19)17-13-16(26)8-9-18(17)27-24(25)32/h3-9,13-14,19-21,28H,10-12H2,1-2H3,(H,27,32)/p+1/t19?,20?,21?,25-/m1/s1. The summed E-state index contributed by atoms with van der Waals surface area (Å²) in [5, 5.41) is 4.99. The van der Waals surface area contributed by atoms with Crippen molar-refractivity contribution in [1.29, 1.82) is 0 Å². The molecule has 5 rings (SSSR count). The molecule has 3 N–H and O–H groups in total. The number of nitrogens with two attached hydrogens (primary N) is 1. The molecular formula is C25H27BrN3O3+. The number of amides is 3. The lowest BCUT2D eigenvalue weighted by molar-refractivity contribution is -0.734. The molecule has 0 radical (unpaired) electrons. The molecule has 0 aromatic heterocycles. The van der Waals surface area contributed by atoms with Crippen LogP contribution in [0.2, 0.25) is 0 Å². The number of benzene rings is 2. The number of likely N-dealkylation sites (tertiary alicyclic amines) is 1. The van der Waals surface area contributed by atoms with Crippen molar-refractivity contribution in [1.82, 2.24) is 4.90 Å². The van der Waals surface area contributed by atoms with Crippen molar-refractivity contribution in [3.8, 4) is 0 Å². The van der Waals surface area contributed by atoms with E-state index in [2.05, 4.69) is 35.1 Å². The van der Waals surface area contributed by atoms with Gasteiger partial charge in [0.15, 0.2) is 0 Å². The van der Waals surface area contributed by atoms with Crippen molar-refractivity contribution in [2.45, 2.75) is 38.3 Å². The van der Waals surface area contributed by atoms with Crippen LogP contribution in [0.15, 0.2) is 53.0 Å². The van der Waals surface area contributed by atoms with Gasteiger partial charge in [0, 0.05) is 23.0 Å². The third-order valence-electron chi connectivity index (χ3n) is 7.13. The highest BCUT2D eigenvalue weighted by Crippen LogP contribution is 2.50. The second-order valence-electron chi connectivity index (χ2n) is 9.54. The lowest BCUT2D eigenvalue weighted by Crippen LogP contribution is -2.99. The third-order valence-corrected chi connectivity index (χ3v) is 7.63. The zero-order valence-corrected chi connectivity index (χ0v) is 19.8. The number of nitrogens with zero attached hydrogens (tertiary/aromatic N) is 1. The molecule has 1 spiro atoms. The topological polar surface area (TPSA) is 83.1 Å². The molecule has 2 aromatic carbocycles. The first-order valence-electron chi connectivity index (χ1n) is 11.2. The number of carbonyl (C=O) groups is 3. The van der Waals surface area contributed by atoms with Gasteiger partial charge in [-0.1, -0.05) is 60.1 Å². The van der Waals surface area contributed by atoms with Gasteiger partial charge in [-0.25, -0.2) is 0 Å². The second kappa shape index (κ2) is 7.81. The Balaban J connectivity index is 1.54. The van der Waals surface area contributed by atoms with Crippen molar-refractivity contribution in [2.75, 3.05) is 11.9 Å². The molecule has 3 heterocycles. The van der Waals surface area contributed by atoms with Crippen LogP contribution in [-0.4, -0.2) is 35.2 Å². The van der Waals surface area contributed by atoms with Gasteiger partial charge in [-0.2, -0.15) is 0 Å². The predicted octanol–water partition coefficient (Wildman–Crippen LogP) is 2.43. The number of quaternary nitrogens is 1. The summed E-state index contributed by atoms with van der Waals surface area (Å²) >= 11 is 3.52. The summed E-state index contributed by atoms with van der Waals surface area (Å²) in [7, 11) is 0. The monoisotopic (exact) mass is 496 g/mol. The summed E-state index contributed by atoms with van der Waals surface area (Å²) < 4.78 is 0.849. The van der Waals surface area contributed by atoms with Crippen molar-refractivity contribution in [3.05, 3.63) is 64.1 Å². The fraction of sp³-hybridized carbons (Fsp3) is 0.400. The molecule has 7 heteroatoms. The van der Waals surface area contributed by atoms with Crippen LogP contribution >= 0.6 is 15.9 Å². The fourth-order valence-electron chi connectivity index (χ4n) is 5.86. The largest absolute Gasteiger partial charge is 0.326 e. The van der Waals surface area contributed by atoms with Gasteiger partial charge in [0.1, 0.15) is 17.9 Å². The Morgan fingerprint density at radius 3 is 2.56 bits per heavy atom. The van der Waals surface area contributed by atoms with Crippen LogP contribution in [0.4, 0.5) is 5.69 Å². The van der Waals surface area contributed by atoms with E-state index in [9.17, 15) is 14.4 Å². The van der Waals surface area contributed by atoms with Crippen LogP contribution in [0.3, 0.4) is 0 Å².